The van der Waals surface area contributed by atoms with Crippen molar-refractivity contribution >= 4 is 62.3 Å². The van der Waals surface area contributed by atoms with Crippen molar-refractivity contribution in [3.8, 4) is 0 Å². The molecule has 0 aromatic carbocycles. The normalized spacial score (nSPS) is 18.7. The lowest BCUT2D eigenvalue weighted by atomic mass is 10.2. The zero-order valence-electron chi connectivity index (χ0n) is 14.3. The van der Waals surface area contributed by atoms with E-state index >= 15 is 0 Å². The molecule has 2 aliphatic rings. The van der Waals surface area contributed by atoms with E-state index in [-0.39, 0.29) is 23.2 Å². The minimum absolute atomic E-state index is 0.0757. The zero-order valence-corrected chi connectivity index (χ0v) is 16.6. The maximum atomic E-state index is 12.7. The van der Waals surface area contributed by atoms with Gasteiger partial charge in [-0.15, -0.1) is 10.2 Å². The van der Waals surface area contributed by atoms with Gasteiger partial charge in [0.25, 0.3) is 11.8 Å². The molecule has 136 valence electrons. The van der Waals surface area contributed by atoms with Gasteiger partial charge in [0.1, 0.15) is 11.5 Å². The molecule has 0 radical (unpaired) electrons. The van der Waals surface area contributed by atoms with Gasteiger partial charge in [-0.25, -0.2) is 4.98 Å². The lowest BCUT2D eigenvalue weighted by Crippen LogP contribution is -2.30. The minimum Gasteiger partial charge on any atom is -0.308 e. The van der Waals surface area contributed by atoms with E-state index in [2.05, 4.69) is 36.1 Å². The van der Waals surface area contributed by atoms with Crippen molar-refractivity contribution in [1.82, 2.24) is 9.97 Å². The molecule has 0 atom stereocenters. The molecule has 0 aliphatic carbocycles. The van der Waals surface area contributed by atoms with Crippen LogP contribution in [0, 0.1) is 0 Å². The maximum absolute atomic E-state index is 12.7. The molecule has 0 saturated carbocycles. The fourth-order valence-electron chi connectivity index (χ4n) is 2.98. The average Bonchev–Trinajstić information content (AvgIpc) is 3.04. The highest BCUT2D eigenvalue weighted by Crippen LogP contribution is 2.31. The smallest absolute Gasteiger partial charge is 0.280 e. The van der Waals surface area contributed by atoms with Gasteiger partial charge in [-0.2, -0.15) is 0 Å². The van der Waals surface area contributed by atoms with Crippen molar-refractivity contribution in [3.63, 3.8) is 0 Å². The monoisotopic (exact) mass is 446 g/mol. The maximum Gasteiger partial charge on any atom is 0.280 e. The first-order chi connectivity index (χ1) is 12.9. The topological polar surface area (TPSA) is 91.1 Å². The fourth-order valence-corrected chi connectivity index (χ4v) is 3.45. The van der Waals surface area contributed by atoms with Crippen molar-refractivity contribution in [2.45, 2.75) is 6.92 Å². The molecule has 27 heavy (non-hydrogen) atoms. The van der Waals surface area contributed by atoms with Gasteiger partial charge < -0.3 is 4.90 Å². The predicted molar refractivity (Wildman–Crippen MR) is 106 cm³/mol. The second-order valence-electron chi connectivity index (χ2n) is 5.86. The van der Waals surface area contributed by atoms with Crippen molar-refractivity contribution in [3.05, 3.63) is 45.3 Å². The van der Waals surface area contributed by atoms with Crippen LogP contribution in [0.4, 0.5) is 11.5 Å². The van der Waals surface area contributed by atoms with Gasteiger partial charge in [0.05, 0.1) is 16.3 Å². The number of hydrogen-bond acceptors (Lipinski definition) is 6. The molecule has 2 aromatic rings. The lowest BCUT2D eigenvalue weighted by molar-refractivity contribution is -0.113. The Bertz CT molecular complexity index is 1070. The standard InChI is InChI=1S/C17H12BrClN6O2/c1-3-25-15-10(5-9(19)7-21-15)12(17(25)27)22-23-14-13-11(24(2)16(14)26)4-8(18)6-20-13/h4-7H,3H2,1-2H3/b22-12+,23-14-. The second kappa shape index (κ2) is 6.50. The molecule has 0 N–H and O–H groups in total. The van der Waals surface area contributed by atoms with Crippen LogP contribution < -0.4 is 9.80 Å². The molecule has 2 aliphatic heterocycles. The summed E-state index contributed by atoms with van der Waals surface area (Å²) in [5.74, 6) is -0.209. The highest BCUT2D eigenvalue weighted by Gasteiger charge is 2.36. The summed E-state index contributed by atoms with van der Waals surface area (Å²) >= 11 is 9.35. The van der Waals surface area contributed by atoms with Crippen molar-refractivity contribution in [2.24, 2.45) is 10.2 Å². The molecule has 0 fully saturated rings. The molecule has 2 amide bonds. The number of fused-ring (bicyclic) bond motifs is 2. The van der Waals surface area contributed by atoms with Crippen LogP contribution in [0.3, 0.4) is 0 Å². The van der Waals surface area contributed by atoms with Gasteiger partial charge >= 0.3 is 0 Å². The van der Waals surface area contributed by atoms with Crippen LogP contribution in [0.5, 0.6) is 0 Å². The molecular weight excluding hydrogens is 436 g/mol. The highest BCUT2D eigenvalue weighted by atomic mass is 79.9. The number of nitrogens with zero attached hydrogens (tertiary/aromatic N) is 6. The van der Waals surface area contributed by atoms with Gasteiger partial charge in [-0.1, -0.05) is 11.6 Å². The van der Waals surface area contributed by atoms with Crippen LogP contribution in [0.1, 0.15) is 18.2 Å². The largest absolute Gasteiger partial charge is 0.308 e. The summed E-state index contributed by atoms with van der Waals surface area (Å²) in [5.41, 5.74) is 1.69. The summed E-state index contributed by atoms with van der Waals surface area (Å²) in [6, 6.07) is 3.39. The molecule has 4 heterocycles. The van der Waals surface area contributed by atoms with E-state index in [1.807, 2.05) is 6.92 Å². The number of likely N-dealkylation sites (N-methyl/N-ethyl adjacent to an activating group) is 2. The molecule has 10 heteroatoms. The summed E-state index contributed by atoms with van der Waals surface area (Å²) in [6.45, 7) is 2.26. The second-order valence-corrected chi connectivity index (χ2v) is 7.21. The molecule has 4 rings (SSSR count). The SMILES string of the molecule is CCN1C(=O)/C(=N/N=C2\C(=O)N(C)c3cc(Br)cnc32)c2cc(Cl)cnc21. The Kier molecular flexibility index (Phi) is 4.27. The number of rotatable bonds is 2. The van der Waals surface area contributed by atoms with Gasteiger partial charge in [0.15, 0.2) is 11.4 Å². The van der Waals surface area contributed by atoms with E-state index in [0.717, 1.165) is 4.47 Å². The van der Waals surface area contributed by atoms with Crippen LogP contribution in [-0.2, 0) is 9.59 Å². The number of amides is 2. The molecule has 2 aromatic heterocycles. The number of carbonyl (C=O) groups excluding carboxylic acids is 2. The van der Waals surface area contributed by atoms with Crippen LogP contribution in [-0.4, -0.2) is 46.8 Å². The van der Waals surface area contributed by atoms with Crippen LogP contribution in [0.25, 0.3) is 0 Å². The number of pyridine rings is 2. The molecule has 0 unspecified atom stereocenters. The number of hydrogen-bond donors (Lipinski definition) is 0. The number of aromatic nitrogens is 2. The summed E-state index contributed by atoms with van der Waals surface area (Å²) in [7, 11) is 1.63. The van der Waals surface area contributed by atoms with E-state index in [1.54, 1.807) is 25.4 Å². The Morgan fingerprint density at radius 3 is 2.59 bits per heavy atom. The van der Waals surface area contributed by atoms with Gasteiger partial charge in [0.2, 0.25) is 0 Å². The van der Waals surface area contributed by atoms with Crippen molar-refractivity contribution in [2.75, 3.05) is 23.4 Å². The zero-order chi connectivity index (χ0) is 19.3. The Morgan fingerprint density at radius 1 is 1.11 bits per heavy atom. The number of halogens is 2. The summed E-state index contributed by atoms with van der Waals surface area (Å²) in [5, 5.41) is 8.54. The minimum atomic E-state index is -0.345. The van der Waals surface area contributed by atoms with E-state index in [0.29, 0.717) is 34.3 Å². The van der Waals surface area contributed by atoms with Crippen LogP contribution >= 0.6 is 27.5 Å². The average molecular weight is 448 g/mol. The van der Waals surface area contributed by atoms with Crippen LogP contribution in [0.15, 0.2) is 39.2 Å². The van der Waals surface area contributed by atoms with Crippen molar-refractivity contribution in [1.29, 1.82) is 0 Å². The highest BCUT2D eigenvalue weighted by molar-refractivity contribution is 9.10. The first kappa shape index (κ1) is 17.7. The van der Waals surface area contributed by atoms with Gasteiger partial charge in [-0.3, -0.25) is 19.5 Å². The molecule has 0 saturated heterocycles. The van der Waals surface area contributed by atoms with Gasteiger partial charge in [0, 0.05) is 30.5 Å². The fraction of sp³-hybridized carbons (Fsp3) is 0.176. The third-order valence-electron chi connectivity index (χ3n) is 4.29. The predicted octanol–water partition coefficient (Wildman–Crippen LogP) is 2.43. The van der Waals surface area contributed by atoms with E-state index in [4.69, 9.17) is 11.6 Å². The molecule has 8 nitrogen and oxygen atoms in total. The first-order valence-electron chi connectivity index (χ1n) is 7.99. The van der Waals surface area contributed by atoms with Crippen LogP contribution in [0.2, 0.25) is 5.02 Å². The number of carbonyl (C=O) groups is 2. The van der Waals surface area contributed by atoms with E-state index in [9.17, 15) is 9.59 Å². The third kappa shape index (κ3) is 2.74. The Balaban J connectivity index is 1.83. The molecule has 0 bridgehead atoms. The van der Waals surface area contributed by atoms with E-state index < -0.39 is 0 Å². The Hall–Kier alpha value is -2.65. The summed E-state index contributed by atoms with van der Waals surface area (Å²) in [6.07, 6.45) is 3.05. The molecular formula is C17H12BrClN6O2. The number of anilines is 2. The van der Waals surface area contributed by atoms with Crippen molar-refractivity contribution < 1.29 is 9.59 Å². The first-order valence-corrected chi connectivity index (χ1v) is 9.17. The Labute approximate surface area is 167 Å². The lowest BCUT2D eigenvalue weighted by Gasteiger charge is -2.11. The Morgan fingerprint density at radius 2 is 1.85 bits per heavy atom. The van der Waals surface area contributed by atoms with E-state index in [1.165, 1.54) is 16.0 Å². The third-order valence-corrected chi connectivity index (χ3v) is 4.93. The molecule has 0 spiro atoms. The quantitative estimate of drug-likeness (QED) is 0.661. The summed E-state index contributed by atoms with van der Waals surface area (Å²) in [4.78, 5) is 36.6. The summed E-state index contributed by atoms with van der Waals surface area (Å²) < 4.78 is 0.743. The van der Waals surface area contributed by atoms with Gasteiger partial charge in [-0.05, 0) is 35.0 Å².